The molecule has 1 fully saturated rings. The van der Waals surface area contributed by atoms with E-state index in [0.717, 1.165) is 24.8 Å². The molecular formula is C13H18O3S. The Hall–Kier alpha value is -0.870. The van der Waals surface area contributed by atoms with E-state index in [0.29, 0.717) is 5.92 Å². The number of hydrogen-bond acceptors (Lipinski definition) is 3. The molecule has 0 spiro atoms. The molecule has 0 bridgehead atoms. The minimum Gasteiger partial charge on any atom is -0.263 e. The lowest BCUT2D eigenvalue weighted by molar-refractivity contribution is 0.175. The second-order valence-electron chi connectivity index (χ2n) is 4.81. The van der Waals surface area contributed by atoms with Gasteiger partial charge in [0.15, 0.2) is 0 Å². The monoisotopic (exact) mass is 254 g/mol. The average Bonchev–Trinajstić information content (AvgIpc) is 2.64. The Morgan fingerprint density at radius 1 is 1.18 bits per heavy atom. The van der Waals surface area contributed by atoms with Crippen molar-refractivity contribution in [3.8, 4) is 0 Å². The first-order chi connectivity index (χ1) is 7.99. The molecule has 2 rings (SSSR count). The van der Waals surface area contributed by atoms with Crippen LogP contribution in [0.1, 0.15) is 31.7 Å². The maximum absolute atomic E-state index is 12.0. The van der Waals surface area contributed by atoms with Crippen molar-refractivity contribution < 1.29 is 12.6 Å². The van der Waals surface area contributed by atoms with Crippen molar-refractivity contribution in [2.45, 2.75) is 44.1 Å². The van der Waals surface area contributed by atoms with Gasteiger partial charge in [-0.05, 0) is 37.8 Å². The molecule has 4 heteroatoms. The Morgan fingerprint density at radius 2 is 1.82 bits per heavy atom. The van der Waals surface area contributed by atoms with Gasteiger partial charge >= 0.3 is 0 Å². The van der Waals surface area contributed by atoms with Gasteiger partial charge in [0.05, 0.1) is 11.0 Å². The van der Waals surface area contributed by atoms with E-state index >= 15 is 0 Å². The summed E-state index contributed by atoms with van der Waals surface area (Å²) in [6.45, 7) is 3.97. The average molecular weight is 254 g/mol. The van der Waals surface area contributed by atoms with Crippen LogP contribution in [0.5, 0.6) is 0 Å². The molecule has 1 aliphatic carbocycles. The van der Waals surface area contributed by atoms with E-state index in [-0.39, 0.29) is 11.0 Å². The third kappa shape index (κ3) is 2.87. The van der Waals surface area contributed by atoms with Crippen molar-refractivity contribution in [3.05, 3.63) is 29.8 Å². The molecule has 0 saturated heterocycles. The highest BCUT2D eigenvalue weighted by Crippen LogP contribution is 2.30. The Labute approximate surface area is 103 Å². The highest BCUT2D eigenvalue weighted by Gasteiger charge is 2.29. The SMILES string of the molecule is Cc1ccc(S(=O)(=O)OC2CCCC2C)cc1. The first-order valence-corrected chi connectivity index (χ1v) is 7.40. The van der Waals surface area contributed by atoms with Gasteiger partial charge in [-0.15, -0.1) is 0 Å². The van der Waals surface area contributed by atoms with E-state index in [1.807, 2.05) is 13.8 Å². The van der Waals surface area contributed by atoms with Gasteiger partial charge in [-0.1, -0.05) is 31.0 Å². The summed E-state index contributed by atoms with van der Waals surface area (Å²) in [6.07, 6.45) is 2.79. The summed E-state index contributed by atoms with van der Waals surface area (Å²) in [4.78, 5) is 0.252. The number of aryl methyl sites for hydroxylation is 1. The lowest BCUT2D eigenvalue weighted by Gasteiger charge is -2.16. The standard InChI is InChI=1S/C13H18O3S/c1-10-6-8-12(9-7-10)17(14,15)16-13-5-3-4-11(13)2/h6-9,11,13H,3-5H2,1-2H3. The third-order valence-corrected chi connectivity index (χ3v) is 4.69. The molecule has 0 heterocycles. The van der Waals surface area contributed by atoms with E-state index in [1.54, 1.807) is 24.3 Å². The van der Waals surface area contributed by atoms with Crippen LogP contribution >= 0.6 is 0 Å². The van der Waals surface area contributed by atoms with Crippen LogP contribution in [0.3, 0.4) is 0 Å². The van der Waals surface area contributed by atoms with Crippen LogP contribution in [0.25, 0.3) is 0 Å². The molecule has 1 aliphatic rings. The fraction of sp³-hybridized carbons (Fsp3) is 0.538. The molecule has 94 valence electrons. The molecule has 2 atom stereocenters. The Morgan fingerprint density at radius 3 is 2.35 bits per heavy atom. The van der Waals surface area contributed by atoms with Gasteiger partial charge in [0.2, 0.25) is 0 Å². The summed E-state index contributed by atoms with van der Waals surface area (Å²) in [7, 11) is -3.59. The lowest BCUT2D eigenvalue weighted by Crippen LogP contribution is -2.20. The topological polar surface area (TPSA) is 43.4 Å². The molecule has 1 aromatic carbocycles. The molecule has 0 amide bonds. The highest BCUT2D eigenvalue weighted by atomic mass is 32.2. The maximum atomic E-state index is 12.0. The predicted molar refractivity (Wildman–Crippen MR) is 66.3 cm³/mol. The van der Waals surface area contributed by atoms with E-state index in [2.05, 4.69) is 0 Å². The van der Waals surface area contributed by atoms with Gasteiger partial charge in [-0.2, -0.15) is 8.42 Å². The normalized spacial score (nSPS) is 25.1. The predicted octanol–water partition coefficient (Wildman–Crippen LogP) is 2.89. The van der Waals surface area contributed by atoms with Crippen LogP contribution in [-0.4, -0.2) is 14.5 Å². The molecule has 17 heavy (non-hydrogen) atoms. The van der Waals surface area contributed by atoms with Gasteiger partial charge in [0.25, 0.3) is 10.1 Å². The lowest BCUT2D eigenvalue weighted by atomic mass is 10.1. The van der Waals surface area contributed by atoms with Crippen LogP contribution in [-0.2, 0) is 14.3 Å². The number of benzene rings is 1. The van der Waals surface area contributed by atoms with Gasteiger partial charge in [-0.3, -0.25) is 4.18 Å². The second kappa shape index (κ2) is 4.78. The fourth-order valence-corrected chi connectivity index (χ4v) is 3.37. The highest BCUT2D eigenvalue weighted by molar-refractivity contribution is 7.86. The van der Waals surface area contributed by atoms with Crippen molar-refractivity contribution in [2.75, 3.05) is 0 Å². The van der Waals surface area contributed by atoms with Crippen molar-refractivity contribution in [1.82, 2.24) is 0 Å². The van der Waals surface area contributed by atoms with Crippen molar-refractivity contribution >= 4 is 10.1 Å². The Balaban J connectivity index is 2.16. The molecule has 0 radical (unpaired) electrons. The maximum Gasteiger partial charge on any atom is 0.297 e. The van der Waals surface area contributed by atoms with Gasteiger partial charge in [0, 0.05) is 0 Å². The minimum atomic E-state index is -3.59. The smallest absolute Gasteiger partial charge is 0.263 e. The van der Waals surface area contributed by atoms with Crippen LogP contribution in [0.15, 0.2) is 29.2 Å². The molecule has 3 nitrogen and oxygen atoms in total. The molecule has 0 aliphatic heterocycles. The molecule has 0 aromatic heterocycles. The summed E-state index contributed by atoms with van der Waals surface area (Å²) in [6, 6.07) is 6.78. The van der Waals surface area contributed by atoms with Crippen LogP contribution in [0.4, 0.5) is 0 Å². The van der Waals surface area contributed by atoms with E-state index in [9.17, 15) is 8.42 Å². The fourth-order valence-electron chi connectivity index (χ4n) is 2.18. The van der Waals surface area contributed by atoms with Crippen molar-refractivity contribution in [2.24, 2.45) is 5.92 Å². The largest absolute Gasteiger partial charge is 0.297 e. The quantitative estimate of drug-likeness (QED) is 0.779. The van der Waals surface area contributed by atoms with E-state index in [1.165, 1.54) is 0 Å². The first-order valence-electron chi connectivity index (χ1n) is 5.99. The summed E-state index contributed by atoms with van der Waals surface area (Å²) in [5, 5.41) is 0. The molecule has 1 aromatic rings. The summed E-state index contributed by atoms with van der Waals surface area (Å²) in [5.41, 5.74) is 1.04. The zero-order chi connectivity index (χ0) is 12.5. The van der Waals surface area contributed by atoms with Crippen LogP contribution < -0.4 is 0 Å². The number of rotatable bonds is 3. The minimum absolute atomic E-state index is 0.152. The van der Waals surface area contributed by atoms with Gasteiger partial charge < -0.3 is 0 Å². The Kier molecular flexibility index (Phi) is 3.54. The molecule has 2 unspecified atom stereocenters. The Bertz CT molecular complexity index is 476. The summed E-state index contributed by atoms with van der Waals surface area (Å²) in [5.74, 6) is 0.329. The summed E-state index contributed by atoms with van der Waals surface area (Å²) < 4.78 is 29.4. The zero-order valence-corrected chi connectivity index (χ0v) is 11.0. The van der Waals surface area contributed by atoms with Crippen LogP contribution in [0.2, 0.25) is 0 Å². The van der Waals surface area contributed by atoms with Gasteiger partial charge in [0.1, 0.15) is 0 Å². The molecule has 1 saturated carbocycles. The second-order valence-corrected chi connectivity index (χ2v) is 6.38. The van der Waals surface area contributed by atoms with Crippen LogP contribution in [0, 0.1) is 12.8 Å². The van der Waals surface area contributed by atoms with Crippen molar-refractivity contribution in [1.29, 1.82) is 0 Å². The van der Waals surface area contributed by atoms with E-state index in [4.69, 9.17) is 4.18 Å². The third-order valence-electron chi connectivity index (χ3n) is 3.34. The summed E-state index contributed by atoms with van der Waals surface area (Å²) >= 11 is 0. The zero-order valence-electron chi connectivity index (χ0n) is 10.2. The van der Waals surface area contributed by atoms with Crippen molar-refractivity contribution in [3.63, 3.8) is 0 Å². The van der Waals surface area contributed by atoms with Gasteiger partial charge in [-0.25, -0.2) is 0 Å². The first kappa shape index (κ1) is 12.6. The molecular weight excluding hydrogens is 236 g/mol. The molecule has 0 N–H and O–H groups in total. The number of hydrogen-bond donors (Lipinski definition) is 0. The van der Waals surface area contributed by atoms with E-state index < -0.39 is 10.1 Å².